The van der Waals surface area contributed by atoms with E-state index >= 15 is 0 Å². The van der Waals surface area contributed by atoms with Gasteiger partial charge in [-0.3, -0.25) is 0 Å². The van der Waals surface area contributed by atoms with Crippen molar-refractivity contribution in [3.8, 4) is 0 Å². The summed E-state index contributed by atoms with van der Waals surface area (Å²) in [6.45, 7) is 10.1. The van der Waals surface area contributed by atoms with E-state index in [2.05, 4.69) is 37.5 Å². The van der Waals surface area contributed by atoms with Crippen LogP contribution in [0.3, 0.4) is 0 Å². The molecule has 0 saturated carbocycles. The second-order valence-electron chi connectivity index (χ2n) is 5.33. The molecule has 1 aliphatic rings. The van der Waals surface area contributed by atoms with Crippen molar-refractivity contribution in [2.24, 2.45) is 5.92 Å². The molecule has 0 amide bonds. The maximum Gasteiger partial charge on any atom is 0.0300 e. The van der Waals surface area contributed by atoms with Gasteiger partial charge in [0.1, 0.15) is 0 Å². The predicted octanol–water partition coefficient (Wildman–Crippen LogP) is 2.84. The van der Waals surface area contributed by atoms with Gasteiger partial charge in [0.25, 0.3) is 0 Å². The molecule has 17 heavy (non-hydrogen) atoms. The van der Waals surface area contributed by atoms with Crippen LogP contribution >= 0.6 is 11.3 Å². The fourth-order valence-electron chi connectivity index (χ4n) is 2.56. The molecule has 2 nitrogen and oxygen atoms in total. The predicted molar refractivity (Wildman–Crippen MR) is 75.7 cm³/mol. The lowest BCUT2D eigenvalue weighted by atomic mass is 9.93. The summed E-state index contributed by atoms with van der Waals surface area (Å²) in [5.74, 6) is 0.855. The minimum atomic E-state index is 0.696. The van der Waals surface area contributed by atoms with Gasteiger partial charge in [0, 0.05) is 22.3 Å². The van der Waals surface area contributed by atoms with Crippen LogP contribution in [0.5, 0.6) is 0 Å². The monoisotopic (exact) mass is 252 g/mol. The van der Waals surface area contributed by atoms with Gasteiger partial charge in [-0.2, -0.15) is 0 Å². The van der Waals surface area contributed by atoms with Crippen LogP contribution in [0.2, 0.25) is 0 Å². The van der Waals surface area contributed by atoms with Crippen molar-refractivity contribution >= 4 is 11.3 Å². The van der Waals surface area contributed by atoms with Crippen molar-refractivity contribution < 1.29 is 0 Å². The summed E-state index contributed by atoms with van der Waals surface area (Å²) in [6.07, 6.45) is 2.63. The van der Waals surface area contributed by atoms with Gasteiger partial charge in [-0.15, -0.1) is 11.3 Å². The normalized spacial score (nSPS) is 25.1. The van der Waals surface area contributed by atoms with Crippen LogP contribution in [-0.2, 0) is 6.54 Å². The number of nitrogens with one attached hydrogen (secondary N) is 2. The lowest BCUT2D eigenvalue weighted by molar-refractivity contribution is 0.304. The second kappa shape index (κ2) is 5.98. The average molecular weight is 252 g/mol. The maximum absolute atomic E-state index is 3.62. The first kappa shape index (κ1) is 13.1. The standard InChI is InChI=1S/C14H24N2S/c1-10-6-14(17-12(10)3)9-15-8-13-4-5-16-11(2)7-13/h6,11,13,15-16H,4-5,7-9H2,1-3H3. The van der Waals surface area contributed by atoms with E-state index < -0.39 is 0 Å². The first-order valence-electron chi connectivity index (χ1n) is 6.65. The van der Waals surface area contributed by atoms with Gasteiger partial charge >= 0.3 is 0 Å². The third-order valence-electron chi connectivity index (χ3n) is 3.68. The number of aryl methyl sites for hydroxylation is 2. The first-order valence-corrected chi connectivity index (χ1v) is 7.47. The van der Waals surface area contributed by atoms with Gasteiger partial charge in [0.05, 0.1) is 0 Å². The van der Waals surface area contributed by atoms with Crippen molar-refractivity contribution in [2.45, 2.75) is 46.2 Å². The number of hydrogen-bond acceptors (Lipinski definition) is 3. The zero-order valence-electron chi connectivity index (χ0n) is 11.2. The smallest absolute Gasteiger partial charge is 0.0300 e. The van der Waals surface area contributed by atoms with E-state index in [-0.39, 0.29) is 0 Å². The summed E-state index contributed by atoms with van der Waals surface area (Å²) >= 11 is 1.93. The molecule has 1 aromatic heterocycles. The molecule has 2 N–H and O–H groups in total. The Kier molecular flexibility index (Phi) is 4.60. The summed E-state index contributed by atoms with van der Waals surface area (Å²) in [6, 6.07) is 3.01. The first-order chi connectivity index (χ1) is 8.15. The lowest BCUT2D eigenvalue weighted by Gasteiger charge is -2.28. The number of rotatable bonds is 4. The third-order valence-corrected chi connectivity index (χ3v) is 4.83. The number of thiophene rings is 1. The molecule has 1 aliphatic heterocycles. The summed E-state index contributed by atoms with van der Waals surface area (Å²) in [5, 5.41) is 7.12. The van der Waals surface area contributed by atoms with Crippen LogP contribution in [0.1, 0.15) is 35.1 Å². The van der Waals surface area contributed by atoms with Crippen molar-refractivity contribution in [1.29, 1.82) is 0 Å². The van der Waals surface area contributed by atoms with E-state index in [1.807, 2.05) is 11.3 Å². The van der Waals surface area contributed by atoms with E-state index in [0.717, 1.165) is 12.5 Å². The van der Waals surface area contributed by atoms with E-state index in [0.29, 0.717) is 6.04 Å². The molecular weight excluding hydrogens is 228 g/mol. The lowest BCUT2D eigenvalue weighted by Crippen LogP contribution is -2.39. The highest BCUT2D eigenvalue weighted by molar-refractivity contribution is 7.12. The fourth-order valence-corrected chi connectivity index (χ4v) is 3.58. The van der Waals surface area contributed by atoms with Gasteiger partial charge in [0.2, 0.25) is 0 Å². The number of piperidine rings is 1. The molecule has 0 aromatic carbocycles. The van der Waals surface area contributed by atoms with E-state index in [4.69, 9.17) is 0 Å². The van der Waals surface area contributed by atoms with Crippen LogP contribution in [0, 0.1) is 19.8 Å². The van der Waals surface area contributed by atoms with Crippen LogP contribution in [0.15, 0.2) is 6.07 Å². The van der Waals surface area contributed by atoms with Crippen molar-refractivity contribution in [1.82, 2.24) is 10.6 Å². The molecule has 2 rings (SSSR count). The minimum Gasteiger partial charge on any atom is -0.314 e. The van der Waals surface area contributed by atoms with E-state index in [1.165, 1.54) is 41.2 Å². The molecule has 2 heterocycles. The molecular formula is C14H24N2S. The maximum atomic E-state index is 3.62. The van der Waals surface area contributed by atoms with Crippen LogP contribution < -0.4 is 10.6 Å². The molecule has 2 unspecified atom stereocenters. The van der Waals surface area contributed by atoms with Crippen LogP contribution in [0.25, 0.3) is 0 Å². The Hall–Kier alpha value is -0.380. The SMILES string of the molecule is Cc1cc(CNCC2CCNC(C)C2)sc1C. The molecule has 1 aromatic rings. The largest absolute Gasteiger partial charge is 0.314 e. The van der Waals surface area contributed by atoms with Gasteiger partial charge in [-0.1, -0.05) is 0 Å². The Bertz CT molecular complexity index is 340. The van der Waals surface area contributed by atoms with Crippen molar-refractivity contribution in [2.75, 3.05) is 13.1 Å². The van der Waals surface area contributed by atoms with Crippen molar-refractivity contribution in [3.05, 3.63) is 21.4 Å². The molecule has 0 bridgehead atoms. The Morgan fingerprint density at radius 2 is 2.29 bits per heavy atom. The zero-order chi connectivity index (χ0) is 12.3. The van der Waals surface area contributed by atoms with E-state index in [1.54, 1.807) is 0 Å². The van der Waals surface area contributed by atoms with E-state index in [9.17, 15) is 0 Å². The molecule has 3 heteroatoms. The Labute approximate surface area is 109 Å². The molecule has 2 atom stereocenters. The zero-order valence-corrected chi connectivity index (χ0v) is 12.0. The van der Waals surface area contributed by atoms with Gasteiger partial charge in [-0.25, -0.2) is 0 Å². The number of hydrogen-bond donors (Lipinski definition) is 2. The summed E-state index contributed by atoms with van der Waals surface area (Å²) in [5.41, 5.74) is 1.43. The average Bonchev–Trinajstić information content (AvgIpc) is 2.58. The van der Waals surface area contributed by atoms with Crippen LogP contribution in [-0.4, -0.2) is 19.1 Å². The highest BCUT2D eigenvalue weighted by Crippen LogP contribution is 2.20. The molecule has 0 aliphatic carbocycles. The third kappa shape index (κ3) is 3.80. The van der Waals surface area contributed by atoms with Crippen LogP contribution in [0.4, 0.5) is 0 Å². The highest BCUT2D eigenvalue weighted by atomic mass is 32.1. The molecule has 1 saturated heterocycles. The summed E-state index contributed by atoms with van der Waals surface area (Å²) in [7, 11) is 0. The van der Waals surface area contributed by atoms with Crippen molar-refractivity contribution in [3.63, 3.8) is 0 Å². The van der Waals surface area contributed by atoms with Gasteiger partial charge in [0.15, 0.2) is 0 Å². The fraction of sp³-hybridized carbons (Fsp3) is 0.714. The molecule has 96 valence electrons. The summed E-state index contributed by atoms with van der Waals surface area (Å²) < 4.78 is 0. The van der Waals surface area contributed by atoms with Gasteiger partial charge < -0.3 is 10.6 Å². The summed E-state index contributed by atoms with van der Waals surface area (Å²) in [4.78, 5) is 2.93. The van der Waals surface area contributed by atoms with Gasteiger partial charge in [-0.05, 0) is 64.3 Å². The molecule has 0 spiro atoms. The Morgan fingerprint density at radius 1 is 1.47 bits per heavy atom. The highest BCUT2D eigenvalue weighted by Gasteiger charge is 2.17. The second-order valence-corrected chi connectivity index (χ2v) is 6.67. The quantitative estimate of drug-likeness (QED) is 0.861. The molecule has 1 fully saturated rings. The minimum absolute atomic E-state index is 0.696. The molecule has 0 radical (unpaired) electrons. The Morgan fingerprint density at radius 3 is 2.94 bits per heavy atom. The Balaban J connectivity index is 1.72. The topological polar surface area (TPSA) is 24.1 Å².